The van der Waals surface area contributed by atoms with Crippen molar-refractivity contribution in [1.29, 1.82) is 0 Å². The molecule has 0 atom stereocenters. The van der Waals surface area contributed by atoms with E-state index < -0.39 is 5.82 Å². The van der Waals surface area contributed by atoms with Gasteiger partial charge < -0.3 is 15.8 Å². The summed E-state index contributed by atoms with van der Waals surface area (Å²) in [6.07, 6.45) is 0.850. The summed E-state index contributed by atoms with van der Waals surface area (Å²) in [5, 5.41) is 2.54. The quantitative estimate of drug-likeness (QED) is 0.831. The molecule has 0 bridgehead atoms. The first-order valence-electron chi connectivity index (χ1n) is 6.56. The summed E-state index contributed by atoms with van der Waals surface area (Å²) in [5.74, 6) is -0.00515. The minimum absolute atomic E-state index is 0.143. The van der Waals surface area contributed by atoms with Gasteiger partial charge in [0.25, 0.3) is 0 Å². The highest BCUT2D eigenvalue weighted by molar-refractivity contribution is 5.91. The molecule has 1 amide bonds. The van der Waals surface area contributed by atoms with Gasteiger partial charge in [0.15, 0.2) is 0 Å². The number of carbonyl (C=O) groups is 1. The Morgan fingerprint density at radius 2 is 1.95 bits per heavy atom. The van der Waals surface area contributed by atoms with Crippen molar-refractivity contribution in [2.24, 2.45) is 0 Å². The molecule has 0 radical (unpaired) electrons. The van der Waals surface area contributed by atoms with Crippen LogP contribution in [-0.4, -0.2) is 13.0 Å². The summed E-state index contributed by atoms with van der Waals surface area (Å²) in [4.78, 5) is 11.8. The molecule has 0 heterocycles. The molecular formula is C16H17FN2O2. The number of rotatable bonds is 5. The van der Waals surface area contributed by atoms with Crippen molar-refractivity contribution >= 4 is 17.3 Å². The zero-order valence-electron chi connectivity index (χ0n) is 11.7. The lowest BCUT2D eigenvalue weighted by Crippen LogP contribution is -2.13. The standard InChI is InChI=1S/C16H17FN2O2/c1-21-13-6-2-11(3-7-13)4-9-16(20)19-15-8-5-12(18)10-14(15)17/h2-3,5-8,10H,4,9,18H2,1H3,(H,19,20). The van der Waals surface area contributed by atoms with Gasteiger partial charge in [-0.25, -0.2) is 4.39 Å². The number of anilines is 2. The van der Waals surface area contributed by atoms with Gasteiger partial charge in [0.2, 0.25) is 5.91 Å². The van der Waals surface area contributed by atoms with Gasteiger partial charge in [0, 0.05) is 12.1 Å². The zero-order chi connectivity index (χ0) is 15.2. The molecule has 0 aliphatic rings. The van der Waals surface area contributed by atoms with Crippen molar-refractivity contribution in [2.45, 2.75) is 12.8 Å². The number of hydrogen-bond donors (Lipinski definition) is 2. The van der Waals surface area contributed by atoms with Crippen LogP contribution >= 0.6 is 0 Å². The highest BCUT2D eigenvalue weighted by Gasteiger charge is 2.07. The fourth-order valence-corrected chi connectivity index (χ4v) is 1.90. The number of benzene rings is 2. The fraction of sp³-hybridized carbons (Fsp3) is 0.188. The number of methoxy groups -OCH3 is 1. The number of nitrogen functional groups attached to an aromatic ring is 1. The average molecular weight is 288 g/mol. The maximum Gasteiger partial charge on any atom is 0.224 e. The summed E-state index contributed by atoms with van der Waals surface area (Å²) in [6, 6.07) is 11.7. The first kappa shape index (κ1) is 14.8. The molecule has 0 aliphatic heterocycles. The van der Waals surface area contributed by atoms with Crippen LogP contribution in [0.15, 0.2) is 42.5 Å². The summed E-state index contributed by atoms with van der Waals surface area (Å²) in [6.45, 7) is 0. The number of carbonyl (C=O) groups excluding carboxylic acids is 1. The Balaban J connectivity index is 1.89. The van der Waals surface area contributed by atoms with Gasteiger partial charge in [-0.15, -0.1) is 0 Å². The molecule has 0 aliphatic carbocycles. The molecule has 2 aromatic rings. The Kier molecular flexibility index (Phi) is 4.77. The van der Waals surface area contributed by atoms with E-state index in [4.69, 9.17) is 10.5 Å². The van der Waals surface area contributed by atoms with Gasteiger partial charge in [-0.05, 0) is 42.3 Å². The van der Waals surface area contributed by atoms with Crippen LogP contribution in [0, 0.1) is 5.82 Å². The Morgan fingerprint density at radius 1 is 1.24 bits per heavy atom. The SMILES string of the molecule is COc1ccc(CCC(=O)Nc2ccc(N)cc2F)cc1. The highest BCUT2D eigenvalue weighted by Crippen LogP contribution is 2.17. The summed E-state index contributed by atoms with van der Waals surface area (Å²) >= 11 is 0. The molecule has 0 fully saturated rings. The molecule has 4 nitrogen and oxygen atoms in total. The van der Waals surface area contributed by atoms with Gasteiger partial charge in [-0.1, -0.05) is 12.1 Å². The predicted molar refractivity (Wildman–Crippen MR) is 80.8 cm³/mol. The van der Waals surface area contributed by atoms with Gasteiger partial charge in [-0.3, -0.25) is 4.79 Å². The van der Waals surface area contributed by atoms with Crippen LogP contribution in [0.5, 0.6) is 5.75 Å². The zero-order valence-corrected chi connectivity index (χ0v) is 11.7. The maximum absolute atomic E-state index is 13.5. The maximum atomic E-state index is 13.5. The van der Waals surface area contributed by atoms with Crippen molar-refractivity contribution in [1.82, 2.24) is 0 Å². The lowest BCUT2D eigenvalue weighted by Gasteiger charge is -2.07. The monoisotopic (exact) mass is 288 g/mol. The molecule has 2 rings (SSSR count). The smallest absolute Gasteiger partial charge is 0.224 e. The largest absolute Gasteiger partial charge is 0.497 e. The Hall–Kier alpha value is -2.56. The number of aryl methyl sites for hydroxylation is 1. The van der Waals surface area contributed by atoms with E-state index in [9.17, 15) is 9.18 Å². The first-order chi connectivity index (χ1) is 10.1. The average Bonchev–Trinajstić information content (AvgIpc) is 2.48. The third-order valence-electron chi connectivity index (χ3n) is 3.07. The number of nitrogens with two attached hydrogens (primary N) is 1. The lowest BCUT2D eigenvalue weighted by molar-refractivity contribution is -0.116. The number of hydrogen-bond acceptors (Lipinski definition) is 3. The second-order valence-corrected chi connectivity index (χ2v) is 4.64. The molecule has 5 heteroatoms. The van der Waals surface area contributed by atoms with Crippen LogP contribution in [0.3, 0.4) is 0 Å². The molecule has 0 spiro atoms. The van der Waals surface area contributed by atoms with Crippen LogP contribution in [0.1, 0.15) is 12.0 Å². The van der Waals surface area contributed by atoms with Crippen LogP contribution in [0.25, 0.3) is 0 Å². The van der Waals surface area contributed by atoms with E-state index >= 15 is 0 Å². The third-order valence-corrected chi connectivity index (χ3v) is 3.07. The van der Waals surface area contributed by atoms with E-state index in [1.54, 1.807) is 13.2 Å². The van der Waals surface area contributed by atoms with E-state index in [2.05, 4.69) is 5.32 Å². The molecule has 3 N–H and O–H groups in total. The Morgan fingerprint density at radius 3 is 2.57 bits per heavy atom. The van der Waals surface area contributed by atoms with E-state index in [1.807, 2.05) is 24.3 Å². The first-order valence-corrected chi connectivity index (χ1v) is 6.56. The molecule has 0 saturated heterocycles. The van der Waals surface area contributed by atoms with E-state index in [-0.39, 0.29) is 18.0 Å². The van der Waals surface area contributed by atoms with Gasteiger partial charge in [-0.2, -0.15) is 0 Å². The van der Waals surface area contributed by atoms with E-state index in [0.29, 0.717) is 12.1 Å². The highest BCUT2D eigenvalue weighted by atomic mass is 19.1. The van der Waals surface area contributed by atoms with Crippen molar-refractivity contribution in [2.75, 3.05) is 18.2 Å². The summed E-state index contributed by atoms with van der Waals surface area (Å²) in [7, 11) is 1.60. The molecule has 0 unspecified atom stereocenters. The predicted octanol–water partition coefficient (Wildman–Crippen LogP) is 2.99. The number of halogens is 1. The number of ether oxygens (including phenoxy) is 1. The fourth-order valence-electron chi connectivity index (χ4n) is 1.90. The number of nitrogens with one attached hydrogen (secondary N) is 1. The van der Waals surface area contributed by atoms with Crippen molar-refractivity contribution in [3.63, 3.8) is 0 Å². The van der Waals surface area contributed by atoms with Gasteiger partial charge in [0.1, 0.15) is 11.6 Å². The molecule has 0 saturated carbocycles. The normalized spacial score (nSPS) is 10.2. The van der Waals surface area contributed by atoms with Crippen molar-refractivity contribution in [3.05, 3.63) is 53.8 Å². The van der Waals surface area contributed by atoms with Gasteiger partial charge in [0.05, 0.1) is 12.8 Å². The second kappa shape index (κ2) is 6.74. The third kappa shape index (κ3) is 4.21. The summed E-state index contributed by atoms with van der Waals surface area (Å²) < 4.78 is 18.6. The van der Waals surface area contributed by atoms with Crippen LogP contribution < -0.4 is 15.8 Å². The van der Waals surface area contributed by atoms with E-state index in [1.165, 1.54) is 12.1 Å². The molecule has 110 valence electrons. The summed E-state index contributed by atoms with van der Waals surface area (Å²) in [5.41, 5.74) is 6.94. The molecule has 0 aromatic heterocycles. The van der Waals surface area contributed by atoms with Crippen LogP contribution in [-0.2, 0) is 11.2 Å². The minimum atomic E-state index is -0.534. The van der Waals surface area contributed by atoms with Gasteiger partial charge >= 0.3 is 0 Å². The van der Waals surface area contributed by atoms with Crippen LogP contribution in [0.2, 0.25) is 0 Å². The number of amides is 1. The lowest BCUT2D eigenvalue weighted by atomic mass is 10.1. The van der Waals surface area contributed by atoms with Crippen molar-refractivity contribution in [3.8, 4) is 5.75 Å². The molecule has 21 heavy (non-hydrogen) atoms. The Labute approximate surface area is 122 Å². The molecule has 2 aromatic carbocycles. The topological polar surface area (TPSA) is 64.3 Å². The van der Waals surface area contributed by atoms with Crippen LogP contribution in [0.4, 0.5) is 15.8 Å². The minimum Gasteiger partial charge on any atom is -0.497 e. The second-order valence-electron chi connectivity index (χ2n) is 4.64. The van der Waals surface area contributed by atoms with E-state index in [0.717, 1.165) is 11.3 Å². The molecular weight excluding hydrogens is 271 g/mol. The Bertz CT molecular complexity index is 627. The van der Waals surface area contributed by atoms with Crippen molar-refractivity contribution < 1.29 is 13.9 Å².